The molecule has 0 amide bonds. The lowest BCUT2D eigenvalue weighted by atomic mass is 10.1. The molecule has 0 bridgehead atoms. The van der Waals surface area contributed by atoms with Crippen molar-refractivity contribution in [2.24, 2.45) is 0 Å². The van der Waals surface area contributed by atoms with E-state index in [0.717, 1.165) is 48.9 Å². The molecule has 0 spiro atoms. The molecule has 0 unspecified atom stereocenters. The van der Waals surface area contributed by atoms with Gasteiger partial charge in [-0.2, -0.15) is 0 Å². The summed E-state index contributed by atoms with van der Waals surface area (Å²) in [5.74, 6) is 1.56. The average molecular weight is 418 g/mol. The molecule has 0 aliphatic carbocycles. The van der Waals surface area contributed by atoms with Gasteiger partial charge in [-0.05, 0) is 60.3 Å². The first-order chi connectivity index (χ1) is 15.2. The lowest BCUT2D eigenvalue weighted by Gasteiger charge is -2.29. The summed E-state index contributed by atoms with van der Waals surface area (Å²) >= 11 is 0. The van der Waals surface area contributed by atoms with Gasteiger partial charge >= 0.3 is 0 Å². The number of halogens is 1. The van der Waals surface area contributed by atoms with E-state index in [9.17, 15) is 4.39 Å². The molecule has 2 aliphatic rings. The van der Waals surface area contributed by atoms with Gasteiger partial charge in [-0.15, -0.1) is 0 Å². The SMILES string of the molecule is Fc1ccc(Nc2cc3c(c(Nc4ccc(N5CCOCC5)cc4)n2)CNC=C3)nc1. The Morgan fingerprint density at radius 2 is 1.84 bits per heavy atom. The van der Waals surface area contributed by atoms with Gasteiger partial charge in [-0.1, -0.05) is 0 Å². The molecule has 0 radical (unpaired) electrons. The summed E-state index contributed by atoms with van der Waals surface area (Å²) in [5, 5.41) is 9.85. The Labute approximate surface area is 180 Å². The molecule has 1 saturated heterocycles. The molecule has 1 fully saturated rings. The summed E-state index contributed by atoms with van der Waals surface area (Å²) in [4.78, 5) is 11.1. The van der Waals surface area contributed by atoms with Crippen molar-refractivity contribution in [3.8, 4) is 0 Å². The number of ether oxygens (including phenoxy) is 1. The predicted molar refractivity (Wildman–Crippen MR) is 120 cm³/mol. The highest BCUT2D eigenvalue weighted by atomic mass is 19.1. The standard InChI is InChI=1S/C23H23FN6O/c24-17-1-6-21(26-14-17)28-22-13-16-7-8-25-15-20(16)23(29-22)27-18-2-4-19(5-3-18)30-9-11-31-12-10-30/h1-8,13-14,25H,9-12,15H2,(H2,26,27,28,29). The van der Waals surface area contributed by atoms with E-state index in [0.29, 0.717) is 18.2 Å². The molecule has 3 aromatic rings. The molecular formula is C23H23FN6O. The molecule has 2 aliphatic heterocycles. The van der Waals surface area contributed by atoms with Crippen molar-refractivity contribution >= 4 is 34.9 Å². The molecule has 0 saturated carbocycles. The van der Waals surface area contributed by atoms with Crippen molar-refractivity contribution in [3.05, 3.63) is 71.8 Å². The van der Waals surface area contributed by atoms with Crippen molar-refractivity contribution in [1.29, 1.82) is 0 Å². The van der Waals surface area contributed by atoms with E-state index in [1.165, 1.54) is 18.0 Å². The average Bonchev–Trinajstić information content (AvgIpc) is 2.82. The highest BCUT2D eigenvalue weighted by molar-refractivity contribution is 5.72. The van der Waals surface area contributed by atoms with Crippen LogP contribution in [0.5, 0.6) is 0 Å². The van der Waals surface area contributed by atoms with Crippen LogP contribution in [0.25, 0.3) is 6.08 Å². The quantitative estimate of drug-likeness (QED) is 0.578. The second-order valence-electron chi connectivity index (χ2n) is 7.40. The number of pyridine rings is 2. The van der Waals surface area contributed by atoms with Crippen LogP contribution in [0, 0.1) is 5.82 Å². The van der Waals surface area contributed by atoms with Crippen LogP contribution in [0.3, 0.4) is 0 Å². The van der Waals surface area contributed by atoms with Crippen molar-refractivity contribution in [1.82, 2.24) is 15.3 Å². The Bertz CT molecular complexity index is 1080. The van der Waals surface area contributed by atoms with Gasteiger partial charge in [-0.3, -0.25) is 0 Å². The fourth-order valence-corrected chi connectivity index (χ4v) is 3.70. The van der Waals surface area contributed by atoms with E-state index in [1.807, 2.05) is 18.3 Å². The number of aromatic nitrogens is 2. The highest BCUT2D eigenvalue weighted by Crippen LogP contribution is 2.29. The third kappa shape index (κ3) is 4.44. The summed E-state index contributed by atoms with van der Waals surface area (Å²) in [6.45, 7) is 4.02. The van der Waals surface area contributed by atoms with Gasteiger partial charge in [0.1, 0.15) is 23.3 Å². The van der Waals surface area contributed by atoms with E-state index >= 15 is 0 Å². The van der Waals surface area contributed by atoms with Crippen LogP contribution < -0.4 is 20.9 Å². The summed E-state index contributed by atoms with van der Waals surface area (Å²) < 4.78 is 18.6. The zero-order valence-electron chi connectivity index (χ0n) is 16.9. The second kappa shape index (κ2) is 8.61. The van der Waals surface area contributed by atoms with Gasteiger partial charge < -0.3 is 25.6 Å². The highest BCUT2D eigenvalue weighted by Gasteiger charge is 2.15. The molecule has 8 heteroatoms. The summed E-state index contributed by atoms with van der Waals surface area (Å²) in [5.41, 5.74) is 4.28. The third-order valence-corrected chi connectivity index (χ3v) is 5.31. The van der Waals surface area contributed by atoms with E-state index in [-0.39, 0.29) is 5.82 Å². The topological polar surface area (TPSA) is 74.3 Å². The zero-order valence-corrected chi connectivity index (χ0v) is 16.9. The normalized spacial score (nSPS) is 15.2. The van der Waals surface area contributed by atoms with Crippen LogP contribution in [-0.2, 0) is 11.3 Å². The Morgan fingerprint density at radius 1 is 1.00 bits per heavy atom. The van der Waals surface area contributed by atoms with Crippen LogP contribution in [0.1, 0.15) is 11.1 Å². The number of anilines is 5. The van der Waals surface area contributed by atoms with Crippen LogP contribution in [0.4, 0.5) is 33.2 Å². The van der Waals surface area contributed by atoms with Crippen LogP contribution >= 0.6 is 0 Å². The molecule has 7 nitrogen and oxygen atoms in total. The molecule has 4 heterocycles. The monoisotopic (exact) mass is 418 g/mol. The molecule has 3 N–H and O–H groups in total. The molecule has 5 rings (SSSR count). The van der Waals surface area contributed by atoms with Crippen molar-refractivity contribution in [3.63, 3.8) is 0 Å². The first kappa shape index (κ1) is 19.3. The minimum absolute atomic E-state index is 0.374. The summed E-state index contributed by atoms with van der Waals surface area (Å²) in [6.07, 6.45) is 5.11. The Kier molecular flexibility index (Phi) is 5.37. The van der Waals surface area contributed by atoms with Gasteiger partial charge in [0.15, 0.2) is 0 Å². The number of fused-ring (bicyclic) bond motifs is 1. The van der Waals surface area contributed by atoms with Crippen LogP contribution in [-0.4, -0.2) is 36.3 Å². The number of nitrogens with zero attached hydrogens (tertiary/aromatic N) is 3. The largest absolute Gasteiger partial charge is 0.387 e. The number of rotatable bonds is 5. The van der Waals surface area contributed by atoms with Crippen LogP contribution in [0.2, 0.25) is 0 Å². The fraction of sp³-hybridized carbons (Fsp3) is 0.217. The number of hydrogen-bond acceptors (Lipinski definition) is 7. The zero-order chi connectivity index (χ0) is 21.0. The Balaban J connectivity index is 1.39. The number of nitrogens with one attached hydrogen (secondary N) is 3. The maximum absolute atomic E-state index is 13.2. The molecule has 158 valence electrons. The smallest absolute Gasteiger partial charge is 0.141 e. The first-order valence-electron chi connectivity index (χ1n) is 10.3. The molecule has 0 atom stereocenters. The number of hydrogen-bond donors (Lipinski definition) is 3. The van der Waals surface area contributed by atoms with Gasteiger partial charge in [-0.25, -0.2) is 14.4 Å². The lowest BCUT2D eigenvalue weighted by molar-refractivity contribution is 0.122. The van der Waals surface area contributed by atoms with E-state index in [4.69, 9.17) is 9.72 Å². The molecule has 2 aromatic heterocycles. The van der Waals surface area contributed by atoms with E-state index < -0.39 is 0 Å². The minimum atomic E-state index is -0.374. The van der Waals surface area contributed by atoms with Crippen molar-refractivity contribution in [2.75, 3.05) is 41.8 Å². The Hall–Kier alpha value is -3.65. The third-order valence-electron chi connectivity index (χ3n) is 5.31. The van der Waals surface area contributed by atoms with E-state index in [1.54, 1.807) is 6.07 Å². The summed E-state index contributed by atoms with van der Waals surface area (Å²) in [7, 11) is 0. The number of benzene rings is 1. The Morgan fingerprint density at radius 3 is 2.61 bits per heavy atom. The van der Waals surface area contributed by atoms with Crippen LogP contribution in [0.15, 0.2) is 54.9 Å². The minimum Gasteiger partial charge on any atom is -0.387 e. The van der Waals surface area contributed by atoms with Gasteiger partial charge in [0.25, 0.3) is 0 Å². The molecule has 31 heavy (non-hydrogen) atoms. The molecule has 1 aromatic carbocycles. The maximum atomic E-state index is 13.2. The maximum Gasteiger partial charge on any atom is 0.141 e. The van der Waals surface area contributed by atoms with Gasteiger partial charge in [0.05, 0.1) is 19.4 Å². The second-order valence-corrected chi connectivity index (χ2v) is 7.40. The van der Waals surface area contributed by atoms with Gasteiger partial charge in [0.2, 0.25) is 0 Å². The first-order valence-corrected chi connectivity index (χ1v) is 10.3. The molecular weight excluding hydrogens is 395 g/mol. The van der Waals surface area contributed by atoms with Crippen molar-refractivity contribution in [2.45, 2.75) is 6.54 Å². The predicted octanol–water partition coefficient (Wildman–Crippen LogP) is 4.01. The van der Waals surface area contributed by atoms with E-state index in [2.05, 4.69) is 50.1 Å². The van der Waals surface area contributed by atoms with Gasteiger partial charge in [0, 0.05) is 36.6 Å². The fourth-order valence-electron chi connectivity index (χ4n) is 3.70. The van der Waals surface area contributed by atoms with Crippen molar-refractivity contribution < 1.29 is 9.13 Å². The number of morpholine rings is 1. The summed E-state index contributed by atoms with van der Waals surface area (Å²) in [6, 6.07) is 13.3. The lowest BCUT2D eigenvalue weighted by Crippen LogP contribution is -2.36.